The standard InChI is InChI=1S/C22H22FN5O6S2/c1-35(31,32)25-15-8-9-16-18(11-15)36(33,34)26-21(24-16)19-20(29)17-3-2-10-27(17)28(22(19)30)12-13-4-6-14(23)7-5-13/h4-9,11,17,19,25H,2-3,10,12H2,1H3,(H,24,26). The monoisotopic (exact) mass is 535 g/mol. The van der Waals surface area contributed by atoms with Gasteiger partial charge in [0.15, 0.2) is 11.7 Å². The molecule has 3 aliphatic rings. The Hall–Kier alpha value is -3.36. The number of hydrogen-bond donors (Lipinski definition) is 2. The Labute approximate surface area is 207 Å². The fourth-order valence-electron chi connectivity index (χ4n) is 4.68. The molecule has 0 aromatic heterocycles. The molecule has 0 radical (unpaired) electrons. The molecule has 3 heterocycles. The Balaban J connectivity index is 1.50. The molecule has 2 aromatic carbocycles. The summed E-state index contributed by atoms with van der Waals surface area (Å²) in [6, 6.07) is 8.82. The van der Waals surface area contributed by atoms with Crippen LogP contribution in [0.25, 0.3) is 0 Å². The summed E-state index contributed by atoms with van der Waals surface area (Å²) in [5.74, 6) is -3.29. The van der Waals surface area contributed by atoms with E-state index in [2.05, 4.69) is 14.4 Å². The van der Waals surface area contributed by atoms with Crippen LogP contribution in [0, 0.1) is 11.7 Å². The van der Waals surface area contributed by atoms with E-state index in [0.717, 1.165) is 12.3 Å². The maximum Gasteiger partial charge on any atom is 0.286 e. The number of halogens is 1. The van der Waals surface area contributed by atoms with Gasteiger partial charge in [-0.1, -0.05) is 12.1 Å². The molecule has 2 saturated heterocycles. The maximum absolute atomic E-state index is 13.6. The first-order valence-electron chi connectivity index (χ1n) is 11.0. The van der Waals surface area contributed by atoms with E-state index in [1.54, 1.807) is 17.1 Å². The minimum absolute atomic E-state index is 0.0252. The summed E-state index contributed by atoms with van der Waals surface area (Å²) >= 11 is 0. The number of amidine groups is 1. The van der Waals surface area contributed by atoms with E-state index in [9.17, 15) is 30.8 Å². The summed E-state index contributed by atoms with van der Waals surface area (Å²) in [6.07, 6.45) is 2.10. The van der Waals surface area contributed by atoms with Crippen molar-refractivity contribution in [3.05, 3.63) is 53.8 Å². The van der Waals surface area contributed by atoms with Crippen LogP contribution in [-0.2, 0) is 36.2 Å². The molecule has 2 unspecified atom stereocenters. The summed E-state index contributed by atoms with van der Waals surface area (Å²) in [5.41, 5.74) is 0.738. The van der Waals surface area contributed by atoms with Gasteiger partial charge in [-0.25, -0.2) is 17.8 Å². The Bertz CT molecular complexity index is 1510. The molecular formula is C22H22FN5O6S2. The van der Waals surface area contributed by atoms with Gasteiger partial charge < -0.3 is 5.32 Å². The highest BCUT2D eigenvalue weighted by molar-refractivity contribution is 7.92. The van der Waals surface area contributed by atoms with Gasteiger partial charge in [0.25, 0.3) is 15.9 Å². The lowest BCUT2D eigenvalue weighted by Gasteiger charge is -2.43. The number of anilines is 2. The van der Waals surface area contributed by atoms with Gasteiger partial charge in [0.1, 0.15) is 16.5 Å². The molecule has 0 spiro atoms. The molecule has 0 aliphatic carbocycles. The molecule has 1 amide bonds. The van der Waals surface area contributed by atoms with Gasteiger partial charge in [0.2, 0.25) is 10.0 Å². The van der Waals surface area contributed by atoms with Crippen LogP contribution >= 0.6 is 0 Å². The molecule has 5 rings (SSSR count). The van der Waals surface area contributed by atoms with Crippen molar-refractivity contribution < 1.29 is 30.8 Å². The van der Waals surface area contributed by atoms with E-state index < -0.39 is 49.5 Å². The Morgan fingerprint density at radius 3 is 2.58 bits per heavy atom. The number of fused-ring (bicyclic) bond motifs is 2. The molecule has 14 heteroatoms. The molecule has 2 fully saturated rings. The first-order chi connectivity index (χ1) is 16.9. The topological polar surface area (TPSA) is 145 Å². The van der Waals surface area contributed by atoms with E-state index in [1.807, 2.05) is 0 Å². The van der Waals surface area contributed by atoms with Crippen LogP contribution in [0.3, 0.4) is 0 Å². The molecule has 2 atom stereocenters. The Morgan fingerprint density at radius 2 is 1.89 bits per heavy atom. The highest BCUT2D eigenvalue weighted by Gasteiger charge is 2.51. The van der Waals surface area contributed by atoms with Crippen LogP contribution in [0.5, 0.6) is 0 Å². The predicted octanol–water partition coefficient (Wildman–Crippen LogP) is 1.32. The van der Waals surface area contributed by atoms with Crippen LogP contribution in [0.1, 0.15) is 18.4 Å². The summed E-state index contributed by atoms with van der Waals surface area (Å²) in [6.45, 7) is 0.559. The molecule has 3 aliphatic heterocycles. The SMILES string of the molecule is CS(=O)(=O)Nc1ccc2c(c1)S(=O)(=O)N=C(C1C(=O)C3CCCN3N(Cc3ccc(F)cc3)C1=O)N2. The van der Waals surface area contributed by atoms with E-state index in [1.165, 1.54) is 29.3 Å². The quantitative estimate of drug-likeness (QED) is 0.546. The minimum Gasteiger partial charge on any atom is -0.341 e. The first-order valence-corrected chi connectivity index (χ1v) is 14.4. The molecule has 190 valence electrons. The molecule has 0 bridgehead atoms. The van der Waals surface area contributed by atoms with E-state index in [-0.39, 0.29) is 28.7 Å². The zero-order chi connectivity index (χ0) is 25.8. The van der Waals surface area contributed by atoms with Crippen molar-refractivity contribution in [1.29, 1.82) is 0 Å². The van der Waals surface area contributed by atoms with Crippen LogP contribution in [0.4, 0.5) is 15.8 Å². The van der Waals surface area contributed by atoms with Crippen molar-refractivity contribution in [3.8, 4) is 0 Å². The number of Topliss-reactive ketones (excluding diaryl/α,β-unsaturated/α-hetero) is 1. The summed E-state index contributed by atoms with van der Waals surface area (Å²) in [5, 5.41) is 5.89. The first kappa shape index (κ1) is 24.3. The third-order valence-corrected chi connectivity index (χ3v) is 8.15. The van der Waals surface area contributed by atoms with Gasteiger partial charge in [-0.3, -0.25) is 19.3 Å². The third-order valence-electron chi connectivity index (χ3n) is 6.21. The van der Waals surface area contributed by atoms with Crippen LogP contribution in [0.15, 0.2) is 51.8 Å². The van der Waals surface area contributed by atoms with Crippen molar-refractivity contribution in [2.75, 3.05) is 22.8 Å². The maximum atomic E-state index is 13.6. The second kappa shape index (κ2) is 8.64. The number of hydrogen-bond acceptors (Lipinski definition) is 8. The number of benzene rings is 2. The molecule has 11 nitrogen and oxygen atoms in total. The number of sulfonamides is 2. The van der Waals surface area contributed by atoms with Gasteiger partial charge >= 0.3 is 0 Å². The second-order valence-corrected chi connectivity index (χ2v) is 12.2. The second-order valence-electron chi connectivity index (χ2n) is 8.84. The van der Waals surface area contributed by atoms with Crippen molar-refractivity contribution >= 4 is 48.9 Å². The van der Waals surface area contributed by atoms with Crippen LogP contribution in [-0.4, -0.2) is 63.2 Å². The van der Waals surface area contributed by atoms with E-state index >= 15 is 0 Å². The number of nitrogens with zero attached hydrogens (tertiary/aromatic N) is 3. The van der Waals surface area contributed by atoms with E-state index in [0.29, 0.717) is 24.9 Å². The highest BCUT2D eigenvalue weighted by atomic mass is 32.2. The van der Waals surface area contributed by atoms with Gasteiger partial charge in [0.05, 0.1) is 24.5 Å². The van der Waals surface area contributed by atoms with Gasteiger partial charge in [-0.05, 0) is 48.7 Å². The predicted molar refractivity (Wildman–Crippen MR) is 128 cm³/mol. The van der Waals surface area contributed by atoms with Gasteiger partial charge in [0, 0.05) is 12.2 Å². The number of hydrazine groups is 1. The minimum atomic E-state index is -4.36. The zero-order valence-electron chi connectivity index (χ0n) is 19.0. The molecular weight excluding hydrogens is 513 g/mol. The lowest BCUT2D eigenvalue weighted by molar-refractivity contribution is -0.169. The molecule has 2 aromatic rings. The van der Waals surface area contributed by atoms with Crippen LogP contribution < -0.4 is 10.0 Å². The lowest BCUT2D eigenvalue weighted by atomic mass is 9.91. The smallest absolute Gasteiger partial charge is 0.286 e. The number of ketones is 1. The third kappa shape index (κ3) is 4.47. The van der Waals surface area contributed by atoms with Gasteiger partial charge in [-0.15, -0.1) is 4.40 Å². The largest absolute Gasteiger partial charge is 0.341 e. The van der Waals surface area contributed by atoms with Crippen molar-refractivity contribution in [2.45, 2.75) is 30.3 Å². The average molecular weight is 536 g/mol. The average Bonchev–Trinajstić information content (AvgIpc) is 3.27. The van der Waals surface area contributed by atoms with E-state index in [4.69, 9.17) is 0 Å². The van der Waals surface area contributed by atoms with Crippen molar-refractivity contribution in [1.82, 2.24) is 10.0 Å². The normalized spacial score (nSPS) is 23.5. The number of nitrogens with one attached hydrogen (secondary N) is 2. The van der Waals surface area contributed by atoms with Crippen molar-refractivity contribution in [3.63, 3.8) is 0 Å². The molecule has 36 heavy (non-hydrogen) atoms. The number of amides is 1. The number of carbonyl (C=O) groups excluding carboxylic acids is 2. The summed E-state index contributed by atoms with van der Waals surface area (Å²) < 4.78 is 68.4. The number of carbonyl (C=O) groups is 2. The fraction of sp³-hybridized carbons (Fsp3) is 0.318. The van der Waals surface area contributed by atoms with Crippen LogP contribution in [0.2, 0.25) is 0 Å². The Morgan fingerprint density at radius 1 is 1.17 bits per heavy atom. The summed E-state index contributed by atoms with van der Waals surface area (Å²) in [7, 11) is -8.00. The molecule has 0 saturated carbocycles. The zero-order valence-corrected chi connectivity index (χ0v) is 20.6. The van der Waals surface area contributed by atoms with Crippen molar-refractivity contribution in [2.24, 2.45) is 10.3 Å². The Kier molecular flexibility index (Phi) is 5.84. The highest BCUT2D eigenvalue weighted by Crippen LogP contribution is 2.35. The molecule has 2 N–H and O–H groups in total. The van der Waals surface area contributed by atoms with Gasteiger partial charge in [-0.2, -0.15) is 8.42 Å². The fourth-order valence-corrected chi connectivity index (χ4v) is 6.42. The lowest BCUT2D eigenvalue weighted by Crippen LogP contribution is -2.63. The number of rotatable bonds is 5. The summed E-state index contributed by atoms with van der Waals surface area (Å²) in [4.78, 5) is 26.7.